The zero-order chi connectivity index (χ0) is 15.8. The maximum absolute atomic E-state index is 11.1. The second-order valence-corrected chi connectivity index (χ2v) is 6.34. The monoisotopic (exact) mass is 304 g/mol. The van der Waals surface area contributed by atoms with E-state index >= 15 is 0 Å². The van der Waals surface area contributed by atoms with Crippen molar-refractivity contribution < 1.29 is 33.4 Å². The van der Waals surface area contributed by atoms with Gasteiger partial charge < -0.3 is 19.0 Å². The molecule has 1 unspecified atom stereocenters. The fraction of sp³-hybridized carbons (Fsp3) is 0.583. The first-order valence-electron chi connectivity index (χ1n) is 6.10. The number of carbonyl (C=O) groups excluding carboxylic acids is 3. The quantitative estimate of drug-likeness (QED) is 0.397. The first-order valence-corrected chi connectivity index (χ1v) is 8.10. The summed E-state index contributed by atoms with van der Waals surface area (Å²) in [7, 11) is -2.04. The molecule has 0 aliphatic rings. The van der Waals surface area contributed by atoms with Gasteiger partial charge in [-0.1, -0.05) is 5.70 Å². The van der Waals surface area contributed by atoms with E-state index in [0.717, 1.165) is 20.8 Å². The normalized spacial score (nSPS) is 12.2. The van der Waals surface area contributed by atoms with Crippen molar-refractivity contribution in [2.45, 2.75) is 45.6 Å². The van der Waals surface area contributed by atoms with E-state index in [2.05, 4.69) is 6.58 Å². The highest BCUT2D eigenvalue weighted by molar-refractivity contribution is 6.56. The molecule has 0 aliphatic carbocycles. The highest BCUT2D eigenvalue weighted by Crippen LogP contribution is 2.24. The van der Waals surface area contributed by atoms with Gasteiger partial charge in [-0.15, -0.1) is 6.58 Å². The summed E-state index contributed by atoms with van der Waals surface area (Å²) >= 11 is 0. The second-order valence-electron chi connectivity index (χ2n) is 4.16. The Kier molecular flexibility index (Phi) is 7.78. The Morgan fingerprint density at radius 3 is 1.80 bits per heavy atom. The highest BCUT2D eigenvalue weighted by atomic mass is 28.3. The van der Waals surface area contributed by atoms with Gasteiger partial charge in [-0.2, -0.15) is 0 Å². The summed E-state index contributed by atoms with van der Waals surface area (Å²) in [6.07, 6.45) is 0.289. The van der Waals surface area contributed by atoms with Crippen molar-refractivity contribution in [1.29, 1.82) is 0 Å². The molecule has 0 aromatic heterocycles. The molecule has 0 heterocycles. The van der Waals surface area contributed by atoms with Crippen LogP contribution in [-0.4, -0.2) is 37.7 Å². The third kappa shape index (κ3) is 7.69. The van der Waals surface area contributed by atoms with Crippen molar-refractivity contribution in [3.8, 4) is 0 Å². The van der Waals surface area contributed by atoms with E-state index < -0.39 is 32.9 Å². The molecular formula is C12H20O7Si. The minimum Gasteiger partial charge on any atom is -0.431 e. The molecule has 0 saturated carbocycles. The molecule has 0 spiro atoms. The summed E-state index contributed by atoms with van der Waals surface area (Å²) in [6, 6.07) is 0.426. The van der Waals surface area contributed by atoms with Crippen LogP contribution in [0.15, 0.2) is 12.3 Å². The van der Waals surface area contributed by atoms with Gasteiger partial charge in [-0.05, 0) is 12.5 Å². The van der Waals surface area contributed by atoms with Crippen molar-refractivity contribution in [3.63, 3.8) is 0 Å². The van der Waals surface area contributed by atoms with Crippen LogP contribution in [-0.2, 0) is 28.6 Å². The van der Waals surface area contributed by atoms with E-state index in [0.29, 0.717) is 12.5 Å². The molecule has 0 fully saturated rings. The van der Waals surface area contributed by atoms with Crippen LogP contribution in [0.5, 0.6) is 0 Å². The lowest BCUT2D eigenvalue weighted by Gasteiger charge is -2.30. The van der Waals surface area contributed by atoms with E-state index in [1.165, 1.54) is 5.70 Å². The molecule has 1 N–H and O–H groups in total. The van der Waals surface area contributed by atoms with Crippen LogP contribution in [0.1, 0.15) is 33.6 Å². The zero-order valence-electron chi connectivity index (χ0n) is 11.9. The van der Waals surface area contributed by atoms with Gasteiger partial charge in [-0.3, -0.25) is 14.4 Å². The number of esters is 3. The molecule has 0 bridgehead atoms. The number of carbonyl (C=O) groups is 3. The molecule has 0 aromatic carbocycles. The van der Waals surface area contributed by atoms with Crippen LogP contribution >= 0.6 is 0 Å². The fourth-order valence-electron chi connectivity index (χ4n) is 1.52. The van der Waals surface area contributed by atoms with Gasteiger partial charge in [0.15, 0.2) is 9.04 Å². The fourth-order valence-corrected chi connectivity index (χ4v) is 2.38. The summed E-state index contributed by atoms with van der Waals surface area (Å²) < 4.78 is 14.6. The molecule has 8 heteroatoms. The van der Waals surface area contributed by atoms with E-state index in [4.69, 9.17) is 14.2 Å². The molecule has 114 valence electrons. The molecule has 0 radical (unpaired) electrons. The molecule has 0 rings (SSSR count). The number of hydrogen-bond acceptors (Lipinski definition) is 7. The van der Waals surface area contributed by atoms with E-state index in [9.17, 15) is 19.2 Å². The maximum Gasteiger partial charge on any atom is 0.423 e. The van der Waals surface area contributed by atoms with E-state index in [-0.39, 0.29) is 6.42 Å². The molecule has 1 atom stereocenters. The van der Waals surface area contributed by atoms with Crippen LogP contribution in [0.3, 0.4) is 0 Å². The minimum atomic E-state index is -2.07. The third-order valence-electron chi connectivity index (χ3n) is 2.15. The van der Waals surface area contributed by atoms with Crippen LogP contribution < -0.4 is 0 Å². The Labute approximate surface area is 119 Å². The number of hydrogen-bond donors (Lipinski definition) is 1. The lowest BCUT2D eigenvalue weighted by atomic mass is 10.3. The Morgan fingerprint density at radius 2 is 1.50 bits per heavy atom. The number of rotatable bonds is 8. The average molecular weight is 304 g/mol. The standard InChI is InChI=1S/C12H20O7Si/c1-5-20(16)8-6-7-12(17-9(2)13,18-10(3)14)19-11(4)15/h5,16,20H,1,6-8H2,2-4H3. The van der Waals surface area contributed by atoms with Gasteiger partial charge in [0.1, 0.15) is 0 Å². The molecule has 7 nitrogen and oxygen atoms in total. The molecule has 0 aromatic rings. The van der Waals surface area contributed by atoms with Crippen LogP contribution in [0.4, 0.5) is 0 Å². The first-order chi connectivity index (χ1) is 9.20. The van der Waals surface area contributed by atoms with Crippen LogP contribution in [0, 0.1) is 0 Å². The summed E-state index contributed by atoms with van der Waals surface area (Å²) in [4.78, 5) is 42.8. The Morgan fingerprint density at radius 1 is 1.10 bits per heavy atom. The van der Waals surface area contributed by atoms with Crippen molar-refractivity contribution in [1.82, 2.24) is 0 Å². The van der Waals surface area contributed by atoms with Crippen molar-refractivity contribution in [3.05, 3.63) is 12.3 Å². The van der Waals surface area contributed by atoms with Gasteiger partial charge in [-0.25, -0.2) is 0 Å². The molecular weight excluding hydrogens is 284 g/mol. The lowest BCUT2D eigenvalue weighted by molar-refractivity contribution is -0.330. The largest absolute Gasteiger partial charge is 0.431 e. The van der Waals surface area contributed by atoms with Gasteiger partial charge in [0.25, 0.3) is 0 Å². The van der Waals surface area contributed by atoms with Gasteiger partial charge >= 0.3 is 23.9 Å². The summed E-state index contributed by atoms with van der Waals surface area (Å²) in [5.74, 6) is -4.34. The van der Waals surface area contributed by atoms with Gasteiger partial charge in [0.05, 0.1) is 6.42 Å². The predicted molar refractivity (Wildman–Crippen MR) is 71.6 cm³/mol. The van der Waals surface area contributed by atoms with Crippen molar-refractivity contribution in [2.24, 2.45) is 0 Å². The molecule has 0 aliphatic heterocycles. The predicted octanol–water partition coefficient (Wildman–Crippen LogP) is 0.551. The van der Waals surface area contributed by atoms with Gasteiger partial charge in [0, 0.05) is 20.8 Å². The molecule has 0 saturated heterocycles. The van der Waals surface area contributed by atoms with E-state index in [1.54, 1.807) is 0 Å². The summed E-state index contributed by atoms with van der Waals surface area (Å²) in [5, 5.41) is 0. The molecule has 0 amide bonds. The zero-order valence-corrected chi connectivity index (χ0v) is 13.0. The smallest absolute Gasteiger partial charge is 0.423 e. The Hall–Kier alpha value is -1.67. The van der Waals surface area contributed by atoms with Crippen LogP contribution in [0.25, 0.3) is 0 Å². The topological polar surface area (TPSA) is 99.1 Å². The number of ether oxygens (including phenoxy) is 3. The lowest BCUT2D eigenvalue weighted by Crippen LogP contribution is -2.43. The molecule has 20 heavy (non-hydrogen) atoms. The summed E-state index contributed by atoms with van der Waals surface area (Å²) in [5.41, 5.74) is 1.48. The summed E-state index contributed by atoms with van der Waals surface area (Å²) in [6.45, 7) is 6.80. The van der Waals surface area contributed by atoms with Crippen molar-refractivity contribution in [2.75, 3.05) is 0 Å². The average Bonchev–Trinajstić information content (AvgIpc) is 2.25. The van der Waals surface area contributed by atoms with Crippen LogP contribution in [0.2, 0.25) is 6.04 Å². The third-order valence-corrected chi connectivity index (χ3v) is 3.70. The highest BCUT2D eigenvalue weighted by Gasteiger charge is 2.41. The first kappa shape index (κ1) is 18.3. The second kappa shape index (κ2) is 8.49. The van der Waals surface area contributed by atoms with E-state index in [1.807, 2.05) is 0 Å². The Balaban J connectivity index is 4.94. The van der Waals surface area contributed by atoms with Gasteiger partial charge in [0.2, 0.25) is 0 Å². The Bertz CT molecular complexity index is 339. The SMILES string of the molecule is C=C[SiH](O)CCCC(OC(C)=O)(OC(C)=O)OC(C)=O. The minimum absolute atomic E-state index is 0.0519. The maximum atomic E-state index is 11.1. The van der Waals surface area contributed by atoms with Crippen molar-refractivity contribution >= 4 is 26.9 Å².